The van der Waals surface area contributed by atoms with Crippen LogP contribution in [0.4, 0.5) is 28.8 Å². The Balaban J connectivity index is 1.94. The lowest BCUT2D eigenvalue weighted by Gasteiger charge is -2.20. The summed E-state index contributed by atoms with van der Waals surface area (Å²) in [5.74, 6) is 1.12. The first-order valence-corrected chi connectivity index (χ1v) is 9.67. The SMILES string of the molecule is Cc1cc(/C=C/C#N)cc(C)c1Nc1nc(Nc2ccc(C#N)cc2)ncc1N(C)C. The minimum atomic E-state index is 0.446. The molecule has 0 bridgehead atoms. The van der Waals surface area contributed by atoms with Crippen LogP contribution in [0.5, 0.6) is 0 Å². The van der Waals surface area contributed by atoms with E-state index in [-0.39, 0.29) is 0 Å². The number of anilines is 5. The minimum absolute atomic E-state index is 0.446. The molecule has 0 spiro atoms. The number of hydrogen-bond acceptors (Lipinski definition) is 7. The van der Waals surface area contributed by atoms with E-state index in [1.54, 1.807) is 24.4 Å². The van der Waals surface area contributed by atoms with Crippen LogP contribution in [0.15, 0.2) is 48.7 Å². The third kappa shape index (κ3) is 5.17. The van der Waals surface area contributed by atoms with Crippen LogP contribution >= 0.6 is 0 Å². The van der Waals surface area contributed by atoms with E-state index in [9.17, 15) is 0 Å². The maximum absolute atomic E-state index is 8.96. The molecule has 0 amide bonds. The highest BCUT2D eigenvalue weighted by Gasteiger charge is 2.13. The third-order valence-electron chi connectivity index (χ3n) is 4.67. The summed E-state index contributed by atoms with van der Waals surface area (Å²) in [7, 11) is 3.88. The first kappa shape index (κ1) is 21.4. The average Bonchev–Trinajstić information content (AvgIpc) is 2.75. The fourth-order valence-corrected chi connectivity index (χ4v) is 3.15. The number of aromatic nitrogens is 2. The number of nitrogens with one attached hydrogen (secondary N) is 2. The second kappa shape index (κ2) is 9.43. The number of rotatable bonds is 6. The highest BCUT2D eigenvalue weighted by atomic mass is 15.2. The molecule has 0 aliphatic rings. The van der Waals surface area contributed by atoms with Crippen molar-refractivity contribution in [3.63, 3.8) is 0 Å². The molecule has 1 aromatic heterocycles. The van der Waals surface area contributed by atoms with E-state index >= 15 is 0 Å². The monoisotopic (exact) mass is 409 g/mol. The van der Waals surface area contributed by atoms with Crippen molar-refractivity contribution in [3.8, 4) is 12.1 Å². The number of hydrogen-bond donors (Lipinski definition) is 2. The van der Waals surface area contributed by atoms with Crippen molar-refractivity contribution >= 4 is 34.9 Å². The van der Waals surface area contributed by atoms with Crippen molar-refractivity contribution in [2.24, 2.45) is 0 Å². The van der Waals surface area contributed by atoms with Crippen molar-refractivity contribution in [1.29, 1.82) is 10.5 Å². The number of benzene rings is 2. The first-order chi connectivity index (χ1) is 14.9. The van der Waals surface area contributed by atoms with Gasteiger partial charge in [0.15, 0.2) is 5.82 Å². The van der Waals surface area contributed by atoms with Gasteiger partial charge in [-0.25, -0.2) is 4.98 Å². The molecule has 0 saturated carbocycles. The van der Waals surface area contributed by atoms with E-state index in [1.165, 1.54) is 6.08 Å². The van der Waals surface area contributed by atoms with Crippen molar-refractivity contribution in [3.05, 3.63) is 70.9 Å². The number of nitrogens with zero attached hydrogens (tertiary/aromatic N) is 5. The van der Waals surface area contributed by atoms with Crippen molar-refractivity contribution < 1.29 is 0 Å². The summed E-state index contributed by atoms with van der Waals surface area (Å²) in [5.41, 5.74) is 6.25. The lowest BCUT2D eigenvalue weighted by Crippen LogP contribution is -2.14. The molecule has 0 saturated heterocycles. The third-order valence-corrected chi connectivity index (χ3v) is 4.67. The fraction of sp³-hybridized carbons (Fsp3) is 0.167. The van der Waals surface area contributed by atoms with Gasteiger partial charge >= 0.3 is 0 Å². The topological polar surface area (TPSA) is 101 Å². The van der Waals surface area contributed by atoms with E-state index in [0.717, 1.165) is 33.8 Å². The molecule has 2 aromatic carbocycles. The highest BCUT2D eigenvalue weighted by molar-refractivity contribution is 5.76. The summed E-state index contributed by atoms with van der Waals surface area (Å²) >= 11 is 0. The van der Waals surface area contributed by atoms with Crippen LogP contribution in [0.2, 0.25) is 0 Å². The summed E-state index contributed by atoms with van der Waals surface area (Å²) in [6, 6.07) is 15.3. The van der Waals surface area contributed by atoms with Crippen LogP contribution in [-0.4, -0.2) is 24.1 Å². The zero-order valence-electron chi connectivity index (χ0n) is 17.9. The lowest BCUT2D eigenvalue weighted by molar-refractivity contribution is 1.07. The molecule has 154 valence electrons. The van der Waals surface area contributed by atoms with Crippen molar-refractivity contribution in [1.82, 2.24) is 9.97 Å². The van der Waals surface area contributed by atoms with Crippen LogP contribution in [0, 0.1) is 36.5 Å². The molecule has 1 heterocycles. The summed E-state index contributed by atoms with van der Waals surface area (Å²) in [6.07, 6.45) is 5.02. The summed E-state index contributed by atoms with van der Waals surface area (Å²) in [6.45, 7) is 4.04. The Morgan fingerprint density at radius 3 is 2.26 bits per heavy atom. The molecule has 0 fully saturated rings. The maximum atomic E-state index is 8.96. The Morgan fingerprint density at radius 2 is 1.68 bits per heavy atom. The molecule has 0 unspecified atom stereocenters. The second-order valence-corrected chi connectivity index (χ2v) is 7.25. The van der Waals surface area contributed by atoms with Crippen LogP contribution in [0.1, 0.15) is 22.3 Å². The van der Waals surface area contributed by atoms with Crippen LogP contribution in [0.3, 0.4) is 0 Å². The van der Waals surface area contributed by atoms with Crippen LogP contribution < -0.4 is 15.5 Å². The molecule has 31 heavy (non-hydrogen) atoms. The normalized spacial score (nSPS) is 10.4. The van der Waals surface area contributed by atoms with E-state index in [0.29, 0.717) is 17.3 Å². The molecule has 0 aliphatic carbocycles. The van der Waals surface area contributed by atoms with Gasteiger partial charge in [0.25, 0.3) is 0 Å². The van der Waals surface area contributed by atoms with Gasteiger partial charge in [0.2, 0.25) is 5.95 Å². The molecule has 0 atom stereocenters. The Hall–Kier alpha value is -4.36. The smallest absolute Gasteiger partial charge is 0.229 e. The van der Waals surface area contributed by atoms with Gasteiger partial charge in [0, 0.05) is 31.5 Å². The molecule has 7 heteroatoms. The van der Waals surface area contributed by atoms with E-state index in [4.69, 9.17) is 10.5 Å². The van der Waals surface area contributed by atoms with E-state index in [2.05, 4.69) is 26.7 Å². The maximum Gasteiger partial charge on any atom is 0.229 e. The van der Waals surface area contributed by atoms with Crippen LogP contribution in [0.25, 0.3) is 6.08 Å². The molecular formula is C24H23N7. The van der Waals surface area contributed by atoms with E-state index in [1.807, 2.05) is 63.2 Å². The van der Waals surface area contributed by atoms with Gasteiger partial charge < -0.3 is 15.5 Å². The number of allylic oxidation sites excluding steroid dienone is 1. The van der Waals surface area contributed by atoms with Gasteiger partial charge in [-0.05, 0) is 73.0 Å². The molecule has 0 aliphatic heterocycles. The molecule has 0 radical (unpaired) electrons. The standard InChI is InChI=1S/C24H23N7/c1-16-12-19(6-5-11-25)13-17(2)22(16)29-23-21(31(3)4)15-27-24(30-23)28-20-9-7-18(14-26)8-10-20/h5-10,12-13,15H,1-4H3,(H2,27,28,29,30)/b6-5+. The largest absolute Gasteiger partial charge is 0.373 e. The zero-order chi connectivity index (χ0) is 22.4. The predicted octanol–water partition coefficient (Wildman–Crippen LogP) is 5.06. The summed E-state index contributed by atoms with van der Waals surface area (Å²) in [4.78, 5) is 11.1. The van der Waals surface area contributed by atoms with Gasteiger partial charge in [-0.15, -0.1) is 0 Å². The average molecular weight is 409 g/mol. The number of aryl methyl sites for hydroxylation is 2. The lowest BCUT2D eigenvalue weighted by atomic mass is 10.0. The van der Waals surface area contributed by atoms with Gasteiger partial charge in [-0.2, -0.15) is 15.5 Å². The van der Waals surface area contributed by atoms with Crippen molar-refractivity contribution in [2.45, 2.75) is 13.8 Å². The Kier molecular flexibility index (Phi) is 6.49. The van der Waals surface area contributed by atoms with Gasteiger partial charge in [0.05, 0.1) is 29.6 Å². The van der Waals surface area contributed by atoms with Gasteiger partial charge in [-0.1, -0.05) is 0 Å². The first-order valence-electron chi connectivity index (χ1n) is 9.67. The van der Waals surface area contributed by atoms with Crippen molar-refractivity contribution in [2.75, 3.05) is 29.6 Å². The quantitative estimate of drug-likeness (QED) is 0.549. The molecule has 3 rings (SSSR count). The number of nitriles is 2. The summed E-state index contributed by atoms with van der Waals surface area (Å²) in [5, 5.41) is 24.4. The fourth-order valence-electron chi connectivity index (χ4n) is 3.15. The molecular weight excluding hydrogens is 386 g/mol. The van der Waals surface area contributed by atoms with Gasteiger partial charge in [-0.3, -0.25) is 0 Å². The predicted molar refractivity (Wildman–Crippen MR) is 125 cm³/mol. The molecule has 2 N–H and O–H groups in total. The highest BCUT2D eigenvalue weighted by Crippen LogP contribution is 2.31. The van der Waals surface area contributed by atoms with Crippen LogP contribution in [-0.2, 0) is 0 Å². The Bertz CT molecular complexity index is 1170. The molecule has 3 aromatic rings. The van der Waals surface area contributed by atoms with E-state index < -0.39 is 0 Å². The van der Waals surface area contributed by atoms with Gasteiger partial charge in [0.1, 0.15) is 0 Å². The Morgan fingerprint density at radius 1 is 1.00 bits per heavy atom. The second-order valence-electron chi connectivity index (χ2n) is 7.25. The minimum Gasteiger partial charge on any atom is -0.373 e. The molecule has 7 nitrogen and oxygen atoms in total. The summed E-state index contributed by atoms with van der Waals surface area (Å²) < 4.78 is 0. The zero-order valence-corrected chi connectivity index (χ0v) is 17.9. The Labute approximate surface area is 182 Å².